The lowest BCUT2D eigenvalue weighted by Crippen LogP contribution is -2.21. The van der Waals surface area contributed by atoms with Crippen molar-refractivity contribution in [2.24, 2.45) is 11.7 Å². The molecule has 1 aromatic rings. The van der Waals surface area contributed by atoms with Crippen molar-refractivity contribution in [3.05, 3.63) is 29.8 Å². The van der Waals surface area contributed by atoms with E-state index in [-0.39, 0.29) is 5.91 Å². The number of nitrogens with zero attached hydrogens (tertiary/aromatic N) is 1. The maximum absolute atomic E-state index is 12.1. The third-order valence-electron chi connectivity index (χ3n) is 4.15. The van der Waals surface area contributed by atoms with Crippen LogP contribution in [0.5, 0.6) is 0 Å². The molecule has 0 aliphatic carbocycles. The average molecular weight is 289 g/mol. The smallest absolute Gasteiger partial charge is 0.224 e. The first kappa shape index (κ1) is 16.0. The van der Waals surface area contributed by atoms with Gasteiger partial charge < -0.3 is 11.1 Å². The van der Waals surface area contributed by atoms with E-state index in [9.17, 15) is 4.79 Å². The lowest BCUT2D eigenvalue weighted by molar-refractivity contribution is -0.116. The Morgan fingerprint density at radius 2 is 2.05 bits per heavy atom. The summed E-state index contributed by atoms with van der Waals surface area (Å²) in [5.74, 6) is 0.486. The predicted molar refractivity (Wildman–Crippen MR) is 87.0 cm³/mol. The van der Waals surface area contributed by atoms with E-state index in [2.05, 4.69) is 23.2 Å². The largest absolute Gasteiger partial charge is 0.330 e. The van der Waals surface area contributed by atoms with Crippen molar-refractivity contribution in [3.63, 3.8) is 0 Å². The van der Waals surface area contributed by atoms with Gasteiger partial charge in [-0.2, -0.15) is 0 Å². The second-order valence-corrected chi connectivity index (χ2v) is 6.07. The molecule has 0 bridgehead atoms. The Hall–Kier alpha value is -1.39. The number of carbonyl (C=O) groups excluding carboxylic acids is 1. The molecule has 1 heterocycles. The van der Waals surface area contributed by atoms with Gasteiger partial charge in [0.25, 0.3) is 0 Å². The van der Waals surface area contributed by atoms with E-state index >= 15 is 0 Å². The van der Waals surface area contributed by atoms with E-state index in [4.69, 9.17) is 5.73 Å². The Kier molecular flexibility index (Phi) is 6.21. The van der Waals surface area contributed by atoms with Crippen LogP contribution < -0.4 is 11.1 Å². The van der Waals surface area contributed by atoms with Crippen LogP contribution in [0.1, 0.15) is 38.2 Å². The summed E-state index contributed by atoms with van der Waals surface area (Å²) >= 11 is 0. The van der Waals surface area contributed by atoms with E-state index in [1.165, 1.54) is 18.4 Å². The van der Waals surface area contributed by atoms with Crippen molar-refractivity contribution in [1.29, 1.82) is 0 Å². The average Bonchev–Trinajstić information content (AvgIpc) is 3.00. The third kappa shape index (κ3) is 5.14. The van der Waals surface area contributed by atoms with Crippen LogP contribution in [-0.2, 0) is 11.3 Å². The van der Waals surface area contributed by atoms with E-state index in [1.54, 1.807) is 0 Å². The molecule has 0 aromatic heterocycles. The normalized spacial score (nSPS) is 16.9. The number of carbonyl (C=O) groups is 1. The lowest BCUT2D eigenvalue weighted by atomic mass is 10.1. The first-order valence-electron chi connectivity index (χ1n) is 7.99. The first-order valence-corrected chi connectivity index (χ1v) is 7.99. The minimum Gasteiger partial charge on any atom is -0.330 e. The van der Waals surface area contributed by atoms with Gasteiger partial charge >= 0.3 is 0 Å². The molecule has 1 amide bonds. The first-order chi connectivity index (χ1) is 10.2. The minimum absolute atomic E-state index is 0.0872. The van der Waals surface area contributed by atoms with Gasteiger partial charge in [0, 0.05) is 18.7 Å². The highest BCUT2D eigenvalue weighted by atomic mass is 16.1. The molecule has 3 N–H and O–H groups in total. The molecule has 1 aliphatic rings. The molecule has 1 saturated heterocycles. The van der Waals surface area contributed by atoms with Crippen LogP contribution in [0.3, 0.4) is 0 Å². The third-order valence-corrected chi connectivity index (χ3v) is 4.15. The van der Waals surface area contributed by atoms with Gasteiger partial charge in [0.15, 0.2) is 0 Å². The molecule has 0 radical (unpaired) electrons. The highest BCUT2D eigenvalue weighted by molar-refractivity contribution is 5.91. The number of hydrogen-bond acceptors (Lipinski definition) is 3. The van der Waals surface area contributed by atoms with Crippen molar-refractivity contribution >= 4 is 11.6 Å². The van der Waals surface area contributed by atoms with E-state index in [0.29, 0.717) is 18.9 Å². The second-order valence-electron chi connectivity index (χ2n) is 6.07. The van der Waals surface area contributed by atoms with Crippen molar-refractivity contribution in [3.8, 4) is 0 Å². The molecule has 1 unspecified atom stereocenters. The topological polar surface area (TPSA) is 58.4 Å². The Morgan fingerprint density at radius 1 is 1.33 bits per heavy atom. The van der Waals surface area contributed by atoms with Crippen LogP contribution >= 0.6 is 0 Å². The Labute approximate surface area is 127 Å². The van der Waals surface area contributed by atoms with Gasteiger partial charge in [0.1, 0.15) is 0 Å². The minimum atomic E-state index is 0.0872. The molecule has 1 aliphatic heterocycles. The number of nitrogens with two attached hydrogens (primary N) is 1. The van der Waals surface area contributed by atoms with Crippen molar-refractivity contribution in [2.45, 2.75) is 39.2 Å². The second kappa shape index (κ2) is 8.15. The van der Waals surface area contributed by atoms with Crippen LogP contribution in [0.4, 0.5) is 5.69 Å². The Bertz CT molecular complexity index is 455. The van der Waals surface area contributed by atoms with Crippen LogP contribution in [0, 0.1) is 5.92 Å². The van der Waals surface area contributed by atoms with Crippen LogP contribution in [0.25, 0.3) is 0 Å². The number of rotatable bonds is 7. The summed E-state index contributed by atoms with van der Waals surface area (Å²) in [5.41, 5.74) is 7.75. The van der Waals surface area contributed by atoms with Crippen molar-refractivity contribution in [2.75, 3.05) is 25.0 Å². The van der Waals surface area contributed by atoms with Gasteiger partial charge in [0.05, 0.1) is 0 Å². The molecular weight excluding hydrogens is 262 g/mol. The number of nitrogens with one attached hydrogen (secondary N) is 1. The monoisotopic (exact) mass is 289 g/mol. The summed E-state index contributed by atoms with van der Waals surface area (Å²) in [4.78, 5) is 14.5. The van der Waals surface area contributed by atoms with Crippen LogP contribution in [-0.4, -0.2) is 30.4 Å². The quantitative estimate of drug-likeness (QED) is 0.811. The molecule has 4 heteroatoms. The number of amides is 1. The zero-order valence-corrected chi connectivity index (χ0v) is 13.0. The maximum Gasteiger partial charge on any atom is 0.224 e. The molecule has 2 rings (SSSR count). The molecule has 1 aromatic carbocycles. The summed E-state index contributed by atoms with van der Waals surface area (Å²) in [6, 6.07) is 8.12. The molecule has 21 heavy (non-hydrogen) atoms. The zero-order chi connectivity index (χ0) is 15.1. The molecule has 1 atom stereocenters. The SMILES string of the molecule is CC(CN)CCC(=O)Nc1ccccc1CN1CCCC1. The summed E-state index contributed by atoms with van der Waals surface area (Å²) in [6.45, 7) is 5.97. The summed E-state index contributed by atoms with van der Waals surface area (Å²) in [5, 5.41) is 3.06. The fraction of sp³-hybridized carbons (Fsp3) is 0.588. The zero-order valence-electron chi connectivity index (χ0n) is 13.0. The summed E-state index contributed by atoms with van der Waals surface area (Å²) < 4.78 is 0. The fourth-order valence-electron chi connectivity index (χ4n) is 2.67. The number of anilines is 1. The molecule has 4 nitrogen and oxygen atoms in total. The van der Waals surface area contributed by atoms with Gasteiger partial charge in [-0.05, 0) is 56.4 Å². The number of benzene rings is 1. The molecule has 0 spiro atoms. The lowest BCUT2D eigenvalue weighted by Gasteiger charge is -2.18. The molecule has 116 valence electrons. The van der Waals surface area contributed by atoms with Gasteiger partial charge in [-0.25, -0.2) is 0 Å². The van der Waals surface area contributed by atoms with Crippen molar-refractivity contribution in [1.82, 2.24) is 4.90 Å². The van der Waals surface area contributed by atoms with Gasteiger partial charge in [0.2, 0.25) is 5.91 Å². The van der Waals surface area contributed by atoms with Crippen LogP contribution in [0.2, 0.25) is 0 Å². The molecule has 0 saturated carbocycles. The molecule has 1 fully saturated rings. The van der Waals surface area contributed by atoms with Gasteiger partial charge in [-0.15, -0.1) is 0 Å². The highest BCUT2D eigenvalue weighted by Crippen LogP contribution is 2.20. The number of likely N-dealkylation sites (tertiary alicyclic amines) is 1. The van der Waals surface area contributed by atoms with Crippen molar-refractivity contribution < 1.29 is 4.79 Å². The Morgan fingerprint density at radius 3 is 2.76 bits per heavy atom. The summed E-state index contributed by atoms with van der Waals surface area (Å²) in [7, 11) is 0. The van der Waals surface area contributed by atoms with Gasteiger partial charge in [-0.1, -0.05) is 25.1 Å². The molecular formula is C17H27N3O. The summed E-state index contributed by atoms with van der Waals surface area (Å²) in [6.07, 6.45) is 3.95. The predicted octanol–water partition coefficient (Wildman–Crippen LogP) is 2.60. The highest BCUT2D eigenvalue weighted by Gasteiger charge is 2.14. The fourth-order valence-corrected chi connectivity index (χ4v) is 2.67. The van der Waals surface area contributed by atoms with E-state index in [1.807, 2.05) is 18.2 Å². The standard InChI is InChI=1S/C17H27N3O/c1-14(12-18)8-9-17(21)19-16-7-3-2-6-15(16)13-20-10-4-5-11-20/h2-3,6-7,14H,4-5,8-13,18H2,1H3,(H,19,21). The number of hydrogen-bond donors (Lipinski definition) is 2. The van der Waals surface area contributed by atoms with E-state index < -0.39 is 0 Å². The number of para-hydroxylation sites is 1. The Balaban J connectivity index is 1.91. The maximum atomic E-state index is 12.1. The van der Waals surface area contributed by atoms with Crippen LogP contribution in [0.15, 0.2) is 24.3 Å². The van der Waals surface area contributed by atoms with E-state index in [0.717, 1.165) is 31.7 Å². The van der Waals surface area contributed by atoms with Gasteiger partial charge in [-0.3, -0.25) is 9.69 Å².